The number of ether oxygens (including phenoxy) is 2. The van der Waals surface area contributed by atoms with E-state index in [9.17, 15) is 19.2 Å². The van der Waals surface area contributed by atoms with Crippen LogP contribution < -0.4 is 10.6 Å². The van der Waals surface area contributed by atoms with Gasteiger partial charge in [-0.05, 0) is 88.3 Å². The number of pyridine rings is 1. The highest BCUT2D eigenvalue weighted by atomic mass is 19.1. The number of benzene rings is 3. The molecule has 16 heteroatoms. The maximum Gasteiger partial charge on any atom is 0.408 e. The van der Waals surface area contributed by atoms with Gasteiger partial charge in [-0.2, -0.15) is 0 Å². The van der Waals surface area contributed by atoms with Gasteiger partial charge in [-0.3, -0.25) is 9.59 Å². The van der Waals surface area contributed by atoms with Gasteiger partial charge < -0.3 is 39.9 Å². The van der Waals surface area contributed by atoms with Crippen molar-refractivity contribution < 1.29 is 33.0 Å². The Morgan fingerprint density at radius 2 is 1.38 bits per heavy atom. The maximum atomic E-state index is 15.9. The summed E-state index contributed by atoms with van der Waals surface area (Å²) in [6.07, 6.45) is 5.02. The molecular weight excluding hydrogens is 830 g/mol. The number of H-pyrrole nitrogens is 2. The maximum absolute atomic E-state index is 15.9. The van der Waals surface area contributed by atoms with Crippen molar-refractivity contribution in [1.29, 1.82) is 0 Å². The monoisotopic (exact) mass is 883 g/mol. The molecule has 2 aliphatic rings. The molecule has 0 spiro atoms. The van der Waals surface area contributed by atoms with Crippen LogP contribution in [0.25, 0.3) is 44.7 Å². The van der Waals surface area contributed by atoms with Crippen molar-refractivity contribution in [3.63, 3.8) is 0 Å². The van der Waals surface area contributed by atoms with E-state index in [2.05, 4.69) is 25.6 Å². The average molecular weight is 884 g/mol. The van der Waals surface area contributed by atoms with E-state index in [4.69, 9.17) is 19.4 Å². The van der Waals surface area contributed by atoms with Gasteiger partial charge in [0.05, 0.1) is 54.2 Å². The molecule has 4 unspecified atom stereocenters. The number of aromatic amines is 2. The first-order valence-electron chi connectivity index (χ1n) is 22.0. The van der Waals surface area contributed by atoms with Gasteiger partial charge in [0.15, 0.2) is 0 Å². The molecule has 6 aromatic rings. The van der Waals surface area contributed by atoms with Crippen molar-refractivity contribution in [2.24, 2.45) is 5.92 Å². The smallest absolute Gasteiger partial charge is 0.408 e. The van der Waals surface area contributed by atoms with Gasteiger partial charge in [0.25, 0.3) is 5.91 Å². The third-order valence-electron chi connectivity index (χ3n) is 11.9. The van der Waals surface area contributed by atoms with Crippen molar-refractivity contribution >= 4 is 34.9 Å². The van der Waals surface area contributed by atoms with Crippen LogP contribution in [0.15, 0.2) is 91.3 Å². The Bertz CT molecular complexity index is 2710. The molecule has 4 N–H and O–H groups in total. The lowest BCUT2D eigenvalue weighted by atomic mass is 10.0. The Labute approximate surface area is 376 Å². The zero-order chi connectivity index (χ0) is 46.0. The summed E-state index contributed by atoms with van der Waals surface area (Å²) in [4.78, 5) is 77.0. The van der Waals surface area contributed by atoms with Crippen molar-refractivity contribution in [3.05, 3.63) is 114 Å². The van der Waals surface area contributed by atoms with Gasteiger partial charge in [0.1, 0.15) is 35.2 Å². The molecule has 2 saturated heterocycles. The lowest BCUT2D eigenvalue weighted by molar-refractivity contribution is -0.136. The summed E-state index contributed by atoms with van der Waals surface area (Å²) in [7, 11) is 1.26. The molecule has 0 radical (unpaired) electrons. The number of aromatic nitrogens is 5. The zero-order valence-electron chi connectivity index (χ0n) is 37.4. The summed E-state index contributed by atoms with van der Waals surface area (Å²) >= 11 is 0. The van der Waals surface area contributed by atoms with E-state index in [0.717, 1.165) is 29.5 Å². The molecule has 4 atom stereocenters. The third kappa shape index (κ3) is 9.71. The van der Waals surface area contributed by atoms with Crippen LogP contribution in [0, 0.1) is 11.7 Å². The second kappa shape index (κ2) is 18.6. The molecule has 2 aliphatic heterocycles. The Balaban J connectivity index is 0.957. The van der Waals surface area contributed by atoms with E-state index in [0.29, 0.717) is 71.2 Å². The second-order valence-electron chi connectivity index (χ2n) is 17.9. The van der Waals surface area contributed by atoms with Gasteiger partial charge in [0, 0.05) is 35.2 Å². The van der Waals surface area contributed by atoms with Gasteiger partial charge in [-0.25, -0.2) is 28.9 Å². The molecule has 65 heavy (non-hydrogen) atoms. The second-order valence-corrected chi connectivity index (χ2v) is 17.9. The molecule has 3 aromatic carbocycles. The topological polar surface area (TPSA) is 188 Å². The molecule has 0 saturated carbocycles. The number of hydrogen-bond acceptors (Lipinski definition) is 9. The SMILES string of the molecule is COC(=O)NC(C(=O)N1CCCC1c1ncc(-c2ccc(-c3ccc4cc(-c5cnc(C6CCCN6C(=O)C(NC(=O)OC(C)(C)C)c6ccccc6)[nH]5)ccc4n3)c(F)c2)[nH]1)C(C)C. The fraction of sp³-hybridized carbons (Fsp3) is 0.367. The molecule has 0 bridgehead atoms. The molecule has 0 aliphatic carbocycles. The number of likely N-dealkylation sites (tertiary alicyclic amines) is 2. The predicted octanol–water partition coefficient (Wildman–Crippen LogP) is 8.79. The van der Waals surface area contributed by atoms with Crippen LogP contribution in [0.1, 0.15) is 95.6 Å². The highest BCUT2D eigenvalue weighted by Gasteiger charge is 2.39. The van der Waals surface area contributed by atoms with Crippen molar-refractivity contribution in [2.45, 2.75) is 90.1 Å². The van der Waals surface area contributed by atoms with E-state index >= 15 is 4.39 Å². The van der Waals surface area contributed by atoms with E-state index in [-0.39, 0.29) is 29.8 Å². The summed E-state index contributed by atoms with van der Waals surface area (Å²) in [5.74, 6) is 0.181. The van der Waals surface area contributed by atoms with Crippen LogP contribution in [0.4, 0.5) is 14.0 Å². The Morgan fingerprint density at radius 1 is 0.769 bits per heavy atom. The largest absolute Gasteiger partial charge is 0.453 e. The lowest BCUT2D eigenvalue weighted by Crippen LogP contribution is -2.51. The number of rotatable bonds is 11. The van der Waals surface area contributed by atoms with Gasteiger partial charge in [-0.1, -0.05) is 62.4 Å². The minimum atomic E-state index is -0.938. The first kappa shape index (κ1) is 44.5. The zero-order valence-corrected chi connectivity index (χ0v) is 37.4. The first-order chi connectivity index (χ1) is 31.2. The lowest BCUT2D eigenvalue weighted by Gasteiger charge is -2.30. The average Bonchev–Trinajstić information content (AvgIpc) is 4.13. The number of alkyl carbamates (subject to hydrolysis) is 2. The number of carbonyl (C=O) groups is 4. The van der Waals surface area contributed by atoms with Crippen molar-refractivity contribution in [1.82, 2.24) is 45.4 Å². The van der Waals surface area contributed by atoms with E-state index in [1.54, 1.807) is 55.1 Å². The summed E-state index contributed by atoms with van der Waals surface area (Å²) in [6, 6.07) is 21.3. The first-order valence-corrected chi connectivity index (χ1v) is 22.0. The van der Waals surface area contributed by atoms with Crippen molar-refractivity contribution in [2.75, 3.05) is 20.2 Å². The molecule has 2 fully saturated rings. The van der Waals surface area contributed by atoms with Gasteiger partial charge in [0.2, 0.25) is 5.91 Å². The Hall–Kier alpha value is -7.10. The van der Waals surface area contributed by atoms with Crippen LogP contribution in [-0.2, 0) is 19.1 Å². The molecule has 338 valence electrons. The minimum absolute atomic E-state index is 0.157. The number of halogens is 1. The van der Waals surface area contributed by atoms with Crippen LogP contribution in [0.2, 0.25) is 0 Å². The number of nitrogens with one attached hydrogen (secondary N) is 4. The number of imidazole rings is 2. The molecule has 8 rings (SSSR count). The number of amides is 4. The van der Waals surface area contributed by atoms with E-state index < -0.39 is 35.7 Å². The number of hydrogen-bond donors (Lipinski definition) is 4. The normalized spacial score (nSPS) is 17.3. The van der Waals surface area contributed by atoms with E-state index in [1.165, 1.54) is 13.2 Å². The van der Waals surface area contributed by atoms with Crippen LogP contribution >= 0.6 is 0 Å². The number of nitrogens with zero attached hydrogens (tertiary/aromatic N) is 5. The van der Waals surface area contributed by atoms with E-state index in [1.807, 2.05) is 74.5 Å². The summed E-state index contributed by atoms with van der Waals surface area (Å²) in [5.41, 5.74) is 4.26. The number of fused-ring (bicyclic) bond motifs is 1. The molecule has 4 amide bonds. The van der Waals surface area contributed by atoms with Crippen LogP contribution in [-0.4, -0.2) is 90.6 Å². The quantitative estimate of drug-likeness (QED) is 0.0986. The standard InChI is InChI=1S/C49H54FN9O6/c1-28(2)41(56-47(62)64-6)45(60)58-22-10-14-39(58)43-52-27-38(55-43)32-16-19-33(34(50)25-32)36-21-18-30-24-31(17-20-35(30)53-36)37-26-51-44(54-37)40-15-11-23-59(40)46(61)42(29-12-8-7-9-13-29)57-48(63)65-49(3,4)5/h7-9,12-13,16-21,24-28,39-42H,10-11,14-15,22-23H2,1-6H3,(H,51,54)(H,52,55)(H,56,62)(H,57,63). The molecule has 15 nitrogen and oxygen atoms in total. The predicted molar refractivity (Wildman–Crippen MR) is 242 cm³/mol. The van der Waals surface area contributed by atoms with Crippen LogP contribution in [0.5, 0.6) is 0 Å². The highest BCUT2D eigenvalue weighted by molar-refractivity contribution is 5.89. The van der Waals surface area contributed by atoms with Gasteiger partial charge in [-0.15, -0.1) is 0 Å². The van der Waals surface area contributed by atoms with Gasteiger partial charge >= 0.3 is 12.2 Å². The fourth-order valence-corrected chi connectivity index (χ4v) is 8.67. The summed E-state index contributed by atoms with van der Waals surface area (Å²) < 4.78 is 26.2. The molecule has 3 aromatic heterocycles. The fourth-order valence-electron chi connectivity index (χ4n) is 8.67. The minimum Gasteiger partial charge on any atom is -0.453 e. The summed E-state index contributed by atoms with van der Waals surface area (Å²) in [6.45, 7) is 10.1. The number of methoxy groups -OCH3 is 1. The van der Waals surface area contributed by atoms with Crippen LogP contribution in [0.3, 0.4) is 0 Å². The molecular formula is C49H54FN9O6. The Morgan fingerprint density at radius 3 is 1.98 bits per heavy atom. The summed E-state index contributed by atoms with van der Waals surface area (Å²) in [5, 5.41) is 6.31. The van der Waals surface area contributed by atoms with Crippen molar-refractivity contribution in [3.8, 4) is 33.8 Å². The third-order valence-corrected chi connectivity index (χ3v) is 11.9. The Kier molecular flexibility index (Phi) is 12.7. The highest BCUT2D eigenvalue weighted by Crippen LogP contribution is 2.36. The number of carbonyl (C=O) groups excluding carboxylic acids is 4. The molecule has 5 heterocycles.